The fourth-order valence-electron chi connectivity index (χ4n) is 7.77. The van der Waals surface area contributed by atoms with Crippen molar-refractivity contribution in [2.45, 2.75) is 283 Å². The van der Waals surface area contributed by atoms with E-state index in [1.54, 1.807) is 0 Å². The van der Waals surface area contributed by atoms with Crippen LogP contribution in [0.15, 0.2) is 0 Å². The SMILES string of the molecule is CCCCCCCCCCCCCCCCCCCCCCC(N)(CCN)CCCCCCCCCCCCCCCCCCCC. The molecule has 0 aromatic heterocycles. The van der Waals surface area contributed by atoms with Crippen LogP contribution in [-0.4, -0.2) is 12.1 Å². The maximum atomic E-state index is 6.88. The maximum absolute atomic E-state index is 6.88. The van der Waals surface area contributed by atoms with Gasteiger partial charge in [-0.15, -0.1) is 0 Å². The lowest BCUT2D eigenvalue weighted by Crippen LogP contribution is -2.41. The summed E-state index contributed by atoms with van der Waals surface area (Å²) in [7, 11) is 0. The summed E-state index contributed by atoms with van der Waals surface area (Å²) in [5.74, 6) is 0. The molecule has 2 heteroatoms. The van der Waals surface area contributed by atoms with Crippen LogP contribution in [0.5, 0.6) is 0 Å². The Kier molecular flexibility index (Phi) is 40.3. The molecule has 0 aromatic rings. The van der Waals surface area contributed by atoms with Crippen LogP contribution in [0.3, 0.4) is 0 Å². The molecule has 0 radical (unpaired) electrons. The van der Waals surface area contributed by atoms with Crippen molar-refractivity contribution in [2.24, 2.45) is 11.5 Å². The molecule has 0 saturated heterocycles. The average molecular weight is 663 g/mol. The molecule has 284 valence electrons. The minimum absolute atomic E-state index is 0.00194. The molecule has 0 aliphatic heterocycles. The largest absolute Gasteiger partial charge is 0.330 e. The van der Waals surface area contributed by atoms with Crippen LogP contribution in [0.2, 0.25) is 0 Å². The van der Waals surface area contributed by atoms with Crippen molar-refractivity contribution in [3.05, 3.63) is 0 Å². The summed E-state index contributed by atoms with van der Waals surface area (Å²) in [6.07, 6.45) is 58.0. The third kappa shape index (κ3) is 38.6. The molecule has 0 aliphatic carbocycles. The van der Waals surface area contributed by atoms with Gasteiger partial charge >= 0.3 is 0 Å². The van der Waals surface area contributed by atoms with E-state index in [9.17, 15) is 0 Å². The lowest BCUT2D eigenvalue weighted by molar-refractivity contribution is 0.317. The minimum Gasteiger partial charge on any atom is -0.330 e. The molecule has 0 amide bonds. The van der Waals surface area contributed by atoms with Gasteiger partial charge in [0.1, 0.15) is 0 Å². The van der Waals surface area contributed by atoms with E-state index < -0.39 is 0 Å². The molecule has 1 unspecified atom stereocenters. The van der Waals surface area contributed by atoms with Crippen molar-refractivity contribution in [3.63, 3.8) is 0 Å². The van der Waals surface area contributed by atoms with Crippen LogP contribution in [0, 0.1) is 0 Å². The smallest absolute Gasteiger partial charge is 0.0166 e. The first-order valence-corrected chi connectivity index (χ1v) is 22.7. The lowest BCUT2D eigenvalue weighted by atomic mass is 9.84. The average Bonchev–Trinajstić information content (AvgIpc) is 3.07. The van der Waals surface area contributed by atoms with E-state index in [0.29, 0.717) is 0 Å². The van der Waals surface area contributed by atoms with Crippen LogP contribution in [0.25, 0.3) is 0 Å². The molecule has 0 rings (SSSR count). The van der Waals surface area contributed by atoms with E-state index in [1.165, 1.54) is 257 Å². The predicted molar refractivity (Wildman–Crippen MR) is 217 cm³/mol. The zero-order valence-electron chi connectivity index (χ0n) is 33.4. The molecule has 4 N–H and O–H groups in total. The lowest BCUT2D eigenvalue weighted by Gasteiger charge is -2.29. The van der Waals surface area contributed by atoms with Crippen LogP contribution >= 0.6 is 0 Å². The highest BCUT2D eigenvalue weighted by Gasteiger charge is 2.22. The zero-order chi connectivity index (χ0) is 34.2. The van der Waals surface area contributed by atoms with Crippen LogP contribution in [-0.2, 0) is 0 Å². The Balaban J connectivity index is 3.45. The van der Waals surface area contributed by atoms with Gasteiger partial charge in [0.2, 0.25) is 0 Å². The third-order valence-corrected chi connectivity index (χ3v) is 11.2. The van der Waals surface area contributed by atoms with E-state index >= 15 is 0 Å². The highest BCUT2D eigenvalue weighted by molar-refractivity contribution is 4.84. The van der Waals surface area contributed by atoms with Crippen LogP contribution < -0.4 is 11.5 Å². The van der Waals surface area contributed by atoms with Crippen molar-refractivity contribution >= 4 is 0 Å². The Morgan fingerprint density at radius 2 is 0.426 bits per heavy atom. The molecule has 0 saturated carbocycles. The van der Waals surface area contributed by atoms with Gasteiger partial charge in [0.25, 0.3) is 0 Å². The standard InChI is InChI=1S/C45H94N2/c1-3-5-7-9-11-13-15-17-19-21-23-24-26-28-30-32-34-36-38-40-42-45(47,43-44-46)41-39-37-35-33-31-29-27-25-22-20-18-16-14-12-10-8-6-4-2/h3-44,46-47H2,1-2H3. The zero-order valence-corrected chi connectivity index (χ0v) is 33.4. The topological polar surface area (TPSA) is 52.0 Å². The van der Waals surface area contributed by atoms with Gasteiger partial charge in [-0.05, 0) is 25.8 Å². The first-order valence-electron chi connectivity index (χ1n) is 22.7. The van der Waals surface area contributed by atoms with Crippen molar-refractivity contribution in [3.8, 4) is 0 Å². The number of hydrogen-bond acceptors (Lipinski definition) is 2. The second-order valence-electron chi connectivity index (χ2n) is 16.1. The molecule has 0 aliphatic rings. The number of nitrogens with two attached hydrogens (primary N) is 2. The van der Waals surface area contributed by atoms with E-state index in [2.05, 4.69) is 13.8 Å². The summed E-state index contributed by atoms with van der Waals surface area (Å²) in [6, 6.07) is 0. The Bertz CT molecular complexity index is 548. The maximum Gasteiger partial charge on any atom is 0.0166 e. The van der Waals surface area contributed by atoms with Crippen molar-refractivity contribution in [1.82, 2.24) is 0 Å². The second-order valence-corrected chi connectivity index (χ2v) is 16.1. The summed E-state index contributed by atoms with van der Waals surface area (Å²) >= 11 is 0. The molecular weight excluding hydrogens is 569 g/mol. The van der Waals surface area contributed by atoms with Crippen LogP contribution in [0.4, 0.5) is 0 Å². The first kappa shape index (κ1) is 46.9. The molecule has 47 heavy (non-hydrogen) atoms. The van der Waals surface area contributed by atoms with Crippen molar-refractivity contribution in [1.29, 1.82) is 0 Å². The highest BCUT2D eigenvalue weighted by atomic mass is 14.7. The molecular formula is C45H94N2. The third-order valence-electron chi connectivity index (χ3n) is 11.2. The quantitative estimate of drug-likeness (QED) is 0.0639. The van der Waals surface area contributed by atoms with Crippen molar-refractivity contribution < 1.29 is 0 Å². The van der Waals surface area contributed by atoms with E-state index in [4.69, 9.17) is 11.5 Å². The van der Waals surface area contributed by atoms with Crippen molar-refractivity contribution in [2.75, 3.05) is 6.54 Å². The highest BCUT2D eigenvalue weighted by Crippen LogP contribution is 2.24. The van der Waals surface area contributed by atoms with Gasteiger partial charge in [0, 0.05) is 5.54 Å². The van der Waals surface area contributed by atoms with E-state index in [-0.39, 0.29) is 5.54 Å². The Labute approximate surface area is 299 Å². The number of rotatable bonds is 42. The Morgan fingerprint density at radius 1 is 0.255 bits per heavy atom. The molecule has 0 heterocycles. The molecule has 0 aromatic carbocycles. The summed E-state index contributed by atoms with van der Waals surface area (Å²) in [6.45, 7) is 5.36. The summed E-state index contributed by atoms with van der Waals surface area (Å²) < 4.78 is 0. The summed E-state index contributed by atoms with van der Waals surface area (Å²) in [5, 5.41) is 0. The molecule has 0 spiro atoms. The molecule has 2 nitrogen and oxygen atoms in total. The van der Waals surface area contributed by atoms with Gasteiger partial charge in [-0.1, -0.05) is 258 Å². The fraction of sp³-hybridized carbons (Fsp3) is 1.00. The van der Waals surface area contributed by atoms with Gasteiger partial charge in [-0.3, -0.25) is 0 Å². The minimum atomic E-state index is -0.00194. The molecule has 0 bridgehead atoms. The van der Waals surface area contributed by atoms with Gasteiger partial charge in [-0.25, -0.2) is 0 Å². The second kappa shape index (κ2) is 40.4. The fourth-order valence-corrected chi connectivity index (χ4v) is 7.77. The Morgan fingerprint density at radius 3 is 0.596 bits per heavy atom. The van der Waals surface area contributed by atoms with Gasteiger partial charge in [0.15, 0.2) is 0 Å². The number of hydrogen-bond donors (Lipinski definition) is 2. The predicted octanol–water partition coefficient (Wildman–Crippen LogP) is 15.7. The summed E-state index contributed by atoms with van der Waals surface area (Å²) in [5.41, 5.74) is 12.9. The first-order chi connectivity index (χ1) is 23.2. The number of unbranched alkanes of at least 4 members (excludes halogenated alkanes) is 36. The van der Waals surface area contributed by atoms with Crippen LogP contribution in [0.1, 0.15) is 277 Å². The van der Waals surface area contributed by atoms with Gasteiger partial charge < -0.3 is 11.5 Å². The Hall–Kier alpha value is -0.0800. The normalized spacial score (nSPS) is 13.0. The van der Waals surface area contributed by atoms with E-state index in [0.717, 1.165) is 13.0 Å². The van der Waals surface area contributed by atoms with Gasteiger partial charge in [-0.2, -0.15) is 0 Å². The summed E-state index contributed by atoms with van der Waals surface area (Å²) in [4.78, 5) is 0. The monoisotopic (exact) mass is 663 g/mol. The van der Waals surface area contributed by atoms with Gasteiger partial charge in [0.05, 0.1) is 0 Å². The van der Waals surface area contributed by atoms with E-state index in [1.807, 2.05) is 0 Å². The molecule has 0 fully saturated rings. The molecule has 1 atom stereocenters.